The Balaban J connectivity index is 3.17. The summed E-state index contributed by atoms with van der Waals surface area (Å²) >= 11 is 9.93. The van der Waals surface area contributed by atoms with E-state index >= 15 is 0 Å². The van der Waals surface area contributed by atoms with Crippen molar-refractivity contribution >= 4 is 47.8 Å². The second-order valence-electron chi connectivity index (χ2n) is 0.969. The summed E-state index contributed by atoms with van der Waals surface area (Å²) in [5.41, 5.74) is 0. The lowest BCUT2D eigenvalue weighted by molar-refractivity contribution is 1.05. The van der Waals surface area contributed by atoms with E-state index in [1.807, 2.05) is 0 Å². The summed E-state index contributed by atoms with van der Waals surface area (Å²) in [7, 11) is 0. The second-order valence-corrected chi connectivity index (χ2v) is 8.22. The molecule has 0 aliphatic heterocycles. The van der Waals surface area contributed by atoms with E-state index in [0.29, 0.717) is 0 Å². The van der Waals surface area contributed by atoms with Crippen molar-refractivity contribution in [3.05, 3.63) is 0 Å². The van der Waals surface area contributed by atoms with Crippen LogP contribution in [0.2, 0.25) is 0 Å². The largest absolute Gasteiger partial charge is 0.134 e. The Hall–Kier alpha value is 1.44. The van der Waals surface area contributed by atoms with Gasteiger partial charge in [-0.2, -0.15) is 0 Å². The van der Waals surface area contributed by atoms with E-state index in [-0.39, 0.29) is 2.14 Å². The van der Waals surface area contributed by atoms with E-state index < -0.39 is 0 Å². The molecule has 0 aromatic carbocycles. The quantitative estimate of drug-likeness (QED) is 0.598. The molecule has 0 radical (unpaired) electrons. The van der Waals surface area contributed by atoms with Gasteiger partial charge < -0.3 is 0 Å². The molecule has 38 valence electrons. The molecule has 0 unspecified atom stereocenters. The molecule has 0 aromatic rings. The van der Waals surface area contributed by atoms with Crippen LogP contribution < -0.4 is 0 Å². The molecule has 0 atom stereocenters. The van der Waals surface area contributed by atoms with E-state index in [1.165, 1.54) is 0 Å². The maximum absolute atomic E-state index is 3.31. The van der Waals surface area contributed by atoms with Crippen LogP contribution in [0, 0.1) is 0 Å². The fourth-order valence-corrected chi connectivity index (χ4v) is 0. The first-order valence-electron chi connectivity index (χ1n) is 1.63. The van der Waals surface area contributed by atoms with E-state index in [1.54, 1.807) is 0 Å². The van der Waals surface area contributed by atoms with Gasteiger partial charge in [-0.15, -0.1) is 0 Å². The molecule has 0 nitrogen and oxygen atoms in total. The summed E-state index contributed by atoms with van der Waals surface area (Å²) in [6, 6.07) is 0. The van der Waals surface area contributed by atoms with Crippen molar-refractivity contribution in [2.24, 2.45) is 0 Å². The van der Waals surface area contributed by atoms with Crippen molar-refractivity contribution < 1.29 is 0 Å². The highest BCUT2D eigenvalue weighted by atomic mass is 80.0. The van der Waals surface area contributed by atoms with Gasteiger partial charge in [-0.25, -0.2) is 0 Å². The minimum atomic E-state index is -0.0208. The monoisotopic (exact) mass is 278 g/mol. The van der Waals surface area contributed by atoms with Crippen molar-refractivity contribution in [3.8, 4) is 0 Å². The lowest BCUT2D eigenvalue weighted by Crippen LogP contribution is -1.92. The Morgan fingerprint density at radius 1 is 1.33 bits per heavy atom. The topological polar surface area (TPSA) is 0 Å². The molecule has 0 saturated carbocycles. The molecule has 0 amide bonds. The zero-order valence-corrected chi connectivity index (χ0v) is 8.10. The molecule has 3 heteroatoms. The Labute approximate surface area is 63.1 Å². The minimum Gasteiger partial charge on any atom is -0.0624 e. The van der Waals surface area contributed by atoms with Crippen molar-refractivity contribution in [1.82, 2.24) is 0 Å². The predicted molar refractivity (Wildman–Crippen MR) is 39.8 cm³/mol. The number of rotatable bonds is 0. The van der Waals surface area contributed by atoms with Gasteiger partial charge in [0.15, 0.2) is 0 Å². The van der Waals surface area contributed by atoms with Gasteiger partial charge in [0.1, 0.15) is 2.14 Å². The molecule has 0 saturated heterocycles. The predicted octanol–water partition coefficient (Wildman–Crippen LogP) is 3.23. The summed E-state index contributed by atoms with van der Waals surface area (Å²) in [5, 5.41) is 0. The molecule has 0 aliphatic rings. The molecule has 6 heavy (non-hydrogen) atoms. The maximum Gasteiger partial charge on any atom is 0.134 e. The third-order valence-corrected chi connectivity index (χ3v) is 2.08. The van der Waals surface area contributed by atoms with Crippen LogP contribution in [-0.4, -0.2) is 2.14 Å². The van der Waals surface area contributed by atoms with Crippen LogP contribution in [0.4, 0.5) is 0 Å². The lowest BCUT2D eigenvalue weighted by atomic mass is 10.6. The average Bonchev–Trinajstić information content (AvgIpc) is 1.35. The van der Waals surface area contributed by atoms with E-state index in [4.69, 9.17) is 0 Å². The van der Waals surface area contributed by atoms with Gasteiger partial charge >= 0.3 is 0 Å². The minimum absolute atomic E-state index is 0.0208. The van der Waals surface area contributed by atoms with Crippen LogP contribution in [0.25, 0.3) is 0 Å². The molecule has 0 aromatic heterocycles. The van der Waals surface area contributed by atoms with E-state index in [9.17, 15) is 0 Å². The lowest BCUT2D eigenvalue weighted by Gasteiger charge is -2.04. The fourth-order valence-electron chi connectivity index (χ4n) is 0. The van der Waals surface area contributed by atoms with Gasteiger partial charge in [0, 0.05) is 0 Å². The summed E-state index contributed by atoms with van der Waals surface area (Å²) < 4.78 is -0.0208. The highest BCUT2D eigenvalue weighted by Crippen LogP contribution is 2.36. The molecule has 0 bridgehead atoms. The number of hydrogen-bond donors (Lipinski definition) is 0. The molecule has 0 N–H and O–H groups in total. The first-order chi connectivity index (χ1) is 2.56. The van der Waals surface area contributed by atoms with E-state index in [0.717, 1.165) is 6.42 Å². The zero-order chi connectivity index (χ0) is 5.21. The number of halogens is 3. The third kappa shape index (κ3) is 5.44. The maximum atomic E-state index is 3.31. The van der Waals surface area contributed by atoms with Crippen LogP contribution in [0.15, 0.2) is 0 Å². The number of hydrogen-bond acceptors (Lipinski definition) is 0. The first kappa shape index (κ1) is 7.44. The Bertz CT molecular complexity index is 35.8. The van der Waals surface area contributed by atoms with Gasteiger partial charge in [0.2, 0.25) is 0 Å². The van der Waals surface area contributed by atoms with Crippen LogP contribution in [0.1, 0.15) is 13.3 Å². The zero-order valence-electron chi connectivity index (χ0n) is 3.34. The van der Waals surface area contributed by atoms with Gasteiger partial charge in [0.25, 0.3) is 0 Å². The second kappa shape index (κ2) is 2.68. The third-order valence-electron chi connectivity index (χ3n) is 0.401. The Morgan fingerprint density at radius 2 is 1.50 bits per heavy atom. The fraction of sp³-hybridized carbons (Fsp3) is 1.00. The van der Waals surface area contributed by atoms with Crippen LogP contribution in [-0.2, 0) is 0 Å². The van der Waals surface area contributed by atoms with E-state index in [2.05, 4.69) is 54.7 Å². The smallest absolute Gasteiger partial charge is 0.0624 e. The summed E-state index contributed by atoms with van der Waals surface area (Å²) in [5.74, 6) is 0. The van der Waals surface area contributed by atoms with Gasteiger partial charge in [-0.05, 0) is 6.42 Å². The van der Waals surface area contributed by atoms with Crippen molar-refractivity contribution in [2.45, 2.75) is 15.5 Å². The molecule has 0 spiro atoms. The van der Waals surface area contributed by atoms with Crippen LogP contribution in [0.3, 0.4) is 0 Å². The first-order valence-corrected chi connectivity index (χ1v) is 4.01. The molecule has 0 heterocycles. The molecular weight excluding hydrogens is 276 g/mol. The summed E-state index contributed by atoms with van der Waals surface area (Å²) in [6.45, 7) is 2.07. The highest BCUT2D eigenvalue weighted by molar-refractivity contribution is 9.39. The SMILES string of the molecule is CCC(Br)(Br)Br. The Kier molecular flexibility index (Phi) is 3.32. The molecule has 0 aliphatic carbocycles. The standard InChI is InChI=1S/C3H5Br3/c1-2-3(4,5)6/h2H2,1H3. The van der Waals surface area contributed by atoms with Crippen LogP contribution in [0.5, 0.6) is 0 Å². The molecule has 0 fully saturated rings. The van der Waals surface area contributed by atoms with Gasteiger partial charge in [0.05, 0.1) is 0 Å². The summed E-state index contributed by atoms with van der Waals surface area (Å²) in [4.78, 5) is 0. The highest BCUT2D eigenvalue weighted by Gasteiger charge is 2.11. The van der Waals surface area contributed by atoms with Crippen LogP contribution >= 0.6 is 47.8 Å². The normalized spacial score (nSPS) is 12.0. The molecule has 0 rings (SSSR count). The summed E-state index contributed by atoms with van der Waals surface area (Å²) in [6.07, 6.45) is 1.02. The van der Waals surface area contributed by atoms with Gasteiger partial charge in [-0.3, -0.25) is 0 Å². The molecular formula is C3H5Br3. The average molecular weight is 281 g/mol. The van der Waals surface area contributed by atoms with Crippen molar-refractivity contribution in [2.75, 3.05) is 0 Å². The van der Waals surface area contributed by atoms with Crippen molar-refractivity contribution in [3.63, 3.8) is 0 Å². The van der Waals surface area contributed by atoms with Crippen molar-refractivity contribution in [1.29, 1.82) is 0 Å². The number of alkyl halides is 3. The van der Waals surface area contributed by atoms with Gasteiger partial charge in [-0.1, -0.05) is 54.7 Å². The Morgan fingerprint density at radius 3 is 1.50 bits per heavy atom.